The number of fused-ring (bicyclic) bond motifs is 1. The first-order chi connectivity index (χ1) is 10.1. The maximum absolute atomic E-state index is 12.2. The van der Waals surface area contributed by atoms with E-state index in [0.717, 1.165) is 24.4 Å². The molecule has 0 spiro atoms. The lowest BCUT2D eigenvalue weighted by Gasteiger charge is -2.19. The molecule has 7 heteroatoms. The van der Waals surface area contributed by atoms with Crippen LogP contribution >= 0.6 is 0 Å². The van der Waals surface area contributed by atoms with E-state index in [1.807, 2.05) is 35.4 Å². The largest absolute Gasteiger partial charge is 0.348 e. The summed E-state index contributed by atoms with van der Waals surface area (Å²) < 4.78 is 30.0. The predicted octanol–water partition coefficient (Wildman–Crippen LogP) is 1.29. The van der Waals surface area contributed by atoms with Crippen LogP contribution in [0, 0.1) is 0 Å². The molecule has 0 unspecified atom stereocenters. The van der Waals surface area contributed by atoms with Gasteiger partial charge in [-0.25, -0.2) is 13.4 Å². The Labute approximate surface area is 125 Å². The van der Waals surface area contributed by atoms with Gasteiger partial charge in [0.1, 0.15) is 0 Å². The molecule has 6 nitrogen and oxygen atoms in total. The summed E-state index contributed by atoms with van der Waals surface area (Å²) in [6.07, 6.45) is 6.63. The molecule has 1 aliphatic rings. The van der Waals surface area contributed by atoms with E-state index in [1.54, 1.807) is 11.2 Å². The third-order valence-electron chi connectivity index (χ3n) is 3.92. The van der Waals surface area contributed by atoms with Crippen molar-refractivity contribution < 1.29 is 8.42 Å². The Morgan fingerprint density at radius 2 is 2.00 bits per heavy atom. The molecule has 0 amide bonds. The van der Waals surface area contributed by atoms with Gasteiger partial charge in [-0.15, -0.1) is 0 Å². The van der Waals surface area contributed by atoms with Crippen molar-refractivity contribution in [2.45, 2.75) is 33.0 Å². The molecular weight excluding hydrogens is 288 g/mol. The van der Waals surface area contributed by atoms with Gasteiger partial charge < -0.3 is 9.13 Å². The Morgan fingerprint density at radius 1 is 1.24 bits per heavy atom. The number of aromatic nitrogens is 3. The number of sulfonamides is 1. The fraction of sp³-hybridized carbons (Fsp3) is 0.500. The van der Waals surface area contributed by atoms with Crippen LogP contribution in [0.1, 0.15) is 24.7 Å². The number of nitrogens with zero attached hydrogens (tertiary/aromatic N) is 4. The predicted molar refractivity (Wildman–Crippen MR) is 80.2 cm³/mol. The quantitative estimate of drug-likeness (QED) is 0.855. The van der Waals surface area contributed by atoms with Crippen LogP contribution in [0.2, 0.25) is 0 Å². The van der Waals surface area contributed by atoms with E-state index >= 15 is 0 Å². The minimum Gasteiger partial charge on any atom is -0.348 e. The second-order valence-electron chi connectivity index (χ2n) is 5.27. The van der Waals surface area contributed by atoms with Crippen molar-refractivity contribution in [1.29, 1.82) is 0 Å². The van der Waals surface area contributed by atoms with Crippen molar-refractivity contribution in [3.63, 3.8) is 0 Å². The first-order valence-electron chi connectivity index (χ1n) is 7.21. The van der Waals surface area contributed by atoms with E-state index in [0.29, 0.717) is 19.6 Å². The molecule has 0 bridgehead atoms. The zero-order chi connectivity index (χ0) is 14.9. The second-order valence-corrected chi connectivity index (χ2v) is 7.53. The first kappa shape index (κ1) is 14.3. The molecule has 114 valence electrons. The van der Waals surface area contributed by atoms with Gasteiger partial charge in [-0.2, -0.15) is 4.31 Å². The summed E-state index contributed by atoms with van der Waals surface area (Å²) in [4.78, 5) is 4.48. The lowest BCUT2D eigenvalue weighted by atomic mass is 10.3. The average Bonchev–Trinajstić information content (AvgIpc) is 3.05. The van der Waals surface area contributed by atoms with Crippen LogP contribution in [0.5, 0.6) is 0 Å². The molecule has 0 N–H and O–H groups in total. The maximum atomic E-state index is 12.2. The molecular formula is C14H20N4O2S. The second kappa shape index (κ2) is 5.65. The van der Waals surface area contributed by atoms with Crippen LogP contribution < -0.4 is 0 Å². The van der Waals surface area contributed by atoms with Crippen molar-refractivity contribution in [1.82, 2.24) is 18.4 Å². The van der Waals surface area contributed by atoms with Crippen LogP contribution in [-0.2, 0) is 29.7 Å². The van der Waals surface area contributed by atoms with Crippen LogP contribution in [0.15, 0.2) is 30.9 Å². The molecule has 3 rings (SSSR count). The molecule has 2 aromatic rings. The summed E-state index contributed by atoms with van der Waals surface area (Å²) in [5, 5.41) is 0. The van der Waals surface area contributed by atoms with E-state index in [1.165, 1.54) is 0 Å². The fourth-order valence-electron chi connectivity index (χ4n) is 2.69. The van der Waals surface area contributed by atoms with Crippen LogP contribution in [0.4, 0.5) is 0 Å². The van der Waals surface area contributed by atoms with Gasteiger partial charge in [0.15, 0.2) is 0 Å². The van der Waals surface area contributed by atoms with Gasteiger partial charge in [0, 0.05) is 25.5 Å². The summed E-state index contributed by atoms with van der Waals surface area (Å²) >= 11 is 0. The smallest absolute Gasteiger partial charge is 0.214 e. The highest BCUT2D eigenvalue weighted by atomic mass is 32.2. The third kappa shape index (κ3) is 2.89. The molecule has 2 aromatic heterocycles. The topological polar surface area (TPSA) is 60.1 Å². The molecule has 0 aliphatic carbocycles. The van der Waals surface area contributed by atoms with Crippen molar-refractivity contribution >= 4 is 10.0 Å². The number of imidazole rings is 1. The minimum atomic E-state index is -3.16. The van der Waals surface area contributed by atoms with Gasteiger partial charge in [0.2, 0.25) is 10.0 Å². The zero-order valence-corrected chi connectivity index (χ0v) is 13.0. The van der Waals surface area contributed by atoms with Crippen molar-refractivity contribution in [2.75, 3.05) is 12.3 Å². The number of aryl methyl sites for hydroxylation is 1. The summed E-state index contributed by atoms with van der Waals surface area (Å²) in [6, 6.07) is 3.95. The van der Waals surface area contributed by atoms with Crippen molar-refractivity contribution in [2.24, 2.45) is 0 Å². The standard InChI is InChI=1S/C14H20N4O2S/c1-2-21(19,20)18-9-5-8-17-12-15-13(14(17)11-18)10-16-6-3-4-7-16/h3-4,6-7,12H,2,5,8-11H2,1H3. The Hall–Kier alpha value is -1.60. The van der Waals surface area contributed by atoms with Gasteiger partial charge >= 0.3 is 0 Å². The minimum absolute atomic E-state index is 0.147. The number of hydrogen-bond acceptors (Lipinski definition) is 3. The van der Waals surface area contributed by atoms with Crippen molar-refractivity contribution in [3.05, 3.63) is 42.2 Å². The Kier molecular flexibility index (Phi) is 3.86. The van der Waals surface area contributed by atoms with Gasteiger partial charge in [-0.05, 0) is 25.5 Å². The van der Waals surface area contributed by atoms with E-state index in [4.69, 9.17) is 0 Å². The zero-order valence-electron chi connectivity index (χ0n) is 12.1. The van der Waals surface area contributed by atoms with Crippen LogP contribution in [-0.4, -0.2) is 39.1 Å². The Morgan fingerprint density at radius 3 is 2.71 bits per heavy atom. The summed E-state index contributed by atoms with van der Waals surface area (Å²) in [7, 11) is -3.16. The Bertz CT molecular complexity index is 703. The average molecular weight is 308 g/mol. The van der Waals surface area contributed by atoms with E-state index < -0.39 is 10.0 Å². The molecule has 0 saturated carbocycles. The highest BCUT2D eigenvalue weighted by Gasteiger charge is 2.25. The lowest BCUT2D eigenvalue weighted by molar-refractivity contribution is 0.409. The van der Waals surface area contributed by atoms with Crippen LogP contribution in [0.3, 0.4) is 0 Å². The van der Waals surface area contributed by atoms with Crippen LogP contribution in [0.25, 0.3) is 0 Å². The molecule has 1 aliphatic heterocycles. The summed E-state index contributed by atoms with van der Waals surface area (Å²) in [6.45, 7) is 4.20. The first-order valence-corrected chi connectivity index (χ1v) is 8.82. The highest BCUT2D eigenvalue weighted by Crippen LogP contribution is 2.19. The molecule has 0 radical (unpaired) electrons. The lowest BCUT2D eigenvalue weighted by Crippen LogP contribution is -2.32. The molecule has 3 heterocycles. The maximum Gasteiger partial charge on any atom is 0.214 e. The molecule has 0 fully saturated rings. The highest BCUT2D eigenvalue weighted by molar-refractivity contribution is 7.89. The molecule has 0 atom stereocenters. The van der Waals surface area contributed by atoms with Gasteiger partial charge in [-0.1, -0.05) is 0 Å². The molecule has 0 aromatic carbocycles. The SMILES string of the molecule is CCS(=O)(=O)N1CCCn2cnc(Cn3cccc3)c2C1. The number of hydrogen-bond donors (Lipinski definition) is 0. The van der Waals surface area contributed by atoms with Gasteiger partial charge in [0.05, 0.1) is 36.6 Å². The van der Waals surface area contributed by atoms with E-state index in [2.05, 4.69) is 9.55 Å². The van der Waals surface area contributed by atoms with Gasteiger partial charge in [0.25, 0.3) is 0 Å². The third-order valence-corrected chi connectivity index (χ3v) is 5.75. The molecule has 21 heavy (non-hydrogen) atoms. The fourth-order valence-corrected chi connectivity index (χ4v) is 3.78. The van der Waals surface area contributed by atoms with E-state index in [-0.39, 0.29) is 5.75 Å². The Balaban J connectivity index is 1.90. The summed E-state index contributed by atoms with van der Waals surface area (Å²) in [5.74, 6) is 0.147. The molecule has 0 saturated heterocycles. The van der Waals surface area contributed by atoms with Crippen molar-refractivity contribution in [3.8, 4) is 0 Å². The van der Waals surface area contributed by atoms with E-state index in [9.17, 15) is 8.42 Å². The number of rotatable bonds is 4. The normalized spacial score (nSPS) is 16.6. The monoisotopic (exact) mass is 308 g/mol. The van der Waals surface area contributed by atoms with Gasteiger partial charge in [-0.3, -0.25) is 0 Å². The summed E-state index contributed by atoms with van der Waals surface area (Å²) in [5.41, 5.74) is 1.96.